The SMILES string of the molecule is COc1ccc(Nc2ccc(NC(=S)NCCCOC(C)C)cc2)cc1. The van der Waals surface area contributed by atoms with Gasteiger partial charge in [-0.15, -0.1) is 0 Å². The fraction of sp³-hybridized carbons (Fsp3) is 0.350. The minimum Gasteiger partial charge on any atom is -0.497 e. The number of hydrogen-bond donors (Lipinski definition) is 3. The first-order chi connectivity index (χ1) is 12.6. The van der Waals surface area contributed by atoms with Crippen molar-refractivity contribution in [1.82, 2.24) is 5.32 Å². The van der Waals surface area contributed by atoms with Crippen LogP contribution in [0.5, 0.6) is 5.75 Å². The Morgan fingerprint density at radius 3 is 2.12 bits per heavy atom. The molecule has 0 saturated carbocycles. The van der Waals surface area contributed by atoms with Crippen LogP contribution in [0.1, 0.15) is 20.3 Å². The maximum atomic E-state index is 5.50. The normalized spacial score (nSPS) is 10.5. The molecular weight excluding hydrogens is 346 g/mol. The molecule has 140 valence electrons. The Balaban J connectivity index is 1.74. The third-order valence-electron chi connectivity index (χ3n) is 3.58. The molecule has 0 radical (unpaired) electrons. The summed E-state index contributed by atoms with van der Waals surface area (Å²) in [5.74, 6) is 0.840. The van der Waals surface area contributed by atoms with E-state index in [2.05, 4.69) is 16.0 Å². The maximum Gasteiger partial charge on any atom is 0.170 e. The maximum absolute atomic E-state index is 5.50. The molecule has 0 bridgehead atoms. The Labute approximate surface area is 161 Å². The molecule has 0 aliphatic heterocycles. The average Bonchev–Trinajstić information content (AvgIpc) is 2.63. The molecule has 5 nitrogen and oxygen atoms in total. The summed E-state index contributed by atoms with van der Waals surface area (Å²) in [7, 11) is 1.66. The standard InChI is InChI=1S/C20H27N3O2S/c1-15(2)25-14-4-13-21-20(26)23-18-7-5-16(6-8-18)22-17-9-11-19(24-3)12-10-17/h5-12,15,22H,4,13-14H2,1-3H3,(H2,21,23,26). The van der Waals surface area contributed by atoms with Gasteiger partial charge in [-0.3, -0.25) is 0 Å². The molecule has 2 rings (SSSR count). The molecule has 0 atom stereocenters. The van der Waals surface area contributed by atoms with Crippen LogP contribution in [-0.4, -0.2) is 31.5 Å². The minimum absolute atomic E-state index is 0.269. The molecule has 0 aliphatic rings. The lowest BCUT2D eigenvalue weighted by atomic mass is 10.2. The van der Waals surface area contributed by atoms with Gasteiger partial charge >= 0.3 is 0 Å². The number of nitrogens with one attached hydrogen (secondary N) is 3. The molecule has 0 aromatic heterocycles. The van der Waals surface area contributed by atoms with Crippen LogP contribution < -0.4 is 20.7 Å². The van der Waals surface area contributed by atoms with E-state index in [1.807, 2.05) is 62.4 Å². The molecule has 26 heavy (non-hydrogen) atoms. The Morgan fingerprint density at radius 1 is 0.962 bits per heavy atom. The van der Waals surface area contributed by atoms with Crippen LogP contribution in [0.3, 0.4) is 0 Å². The largest absolute Gasteiger partial charge is 0.497 e. The van der Waals surface area contributed by atoms with E-state index in [9.17, 15) is 0 Å². The fourth-order valence-electron chi connectivity index (χ4n) is 2.25. The van der Waals surface area contributed by atoms with Crippen LogP contribution in [0.15, 0.2) is 48.5 Å². The summed E-state index contributed by atoms with van der Waals surface area (Å²) < 4.78 is 10.7. The smallest absolute Gasteiger partial charge is 0.170 e. The zero-order valence-electron chi connectivity index (χ0n) is 15.5. The van der Waals surface area contributed by atoms with Crippen molar-refractivity contribution in [2.45, 2.75) is 26.4 Å². The highest BCUT2D eigenvalue weighted by atomic mass is 32.1. The van der Waals surface area contributed by atoms with E-state index in [0.717, 1.165) is 42.4 Å². The molecule has 0 spiro atoms. The van der Waals surface area contributed by atoms with E-state index < -0.39 is 0 Å². The minimum atomic E-state index is 0.269. The molecule has 0 saturated heterocycles. The van der Waals surface area contributed by atoms with Crippen molar-refractivity contribution in [2.24, 2.45) is 0 Å². The summed E-state index contributed by atoms with van der Waals surface area (Å²) in [6.45, 7) is 5.59. The first kappa shape index (κ1) is 20.0. The predicted octanol–water partition coefficient (Wildman–Crippen LogP) is 4.54. The summed E-state index contributed by atoms with van der Waals surface area (Å²) in [5, 5.41) is 10.3. The van der Waals surface area contributed by atoms with E-state index in [1.54, 1.807) is 7.11 Å². The van der Waals surface area contributed by atoms with Gasteiger partial charge in [0.25, 0.3) is 0 Å². The highest BCUT2D eigenvalue weighted by molar-refractivity contribution is 7.80. The van der Waals surface area contributed by atoms with E-state index in [0.29, 0.717) is 5.11 Å². The second-order valence-electron chi connectivity index (χ2n) is 6.08. The van der Waals surface area contributed by atoms with Gasteiger partial charge in [-0.05, 0) is 81.0 Å². The highest BCUT2D eigenvalue weighted by Gasteiger charge is 2.00. The van der Waals surface area contributed by atoms with Crippen LogP contribution in [0.4, 0.5) is 17.1 Å². The van der Waals surface area contributed by atoms with Gasteiger partial charge in [0.1, 0.15) is 5.75 Å². The topological polar surface area (TPSA) is 54.5 Å². The van der Waals surface area contributed by atoms with Gasteiger partial charge in [0.2, 0.25) is 0 Å². The first-order valence-electron chi connectivity index (χ1n) is 8.74. The quantitative estimate of drug-likeness (QED) is 0.443. The summed E-state index contributed by atoms with van der Waals surface area (Å²) in [6.07, 6.45) is 1.19. The van der Waals surface area contributed by atoms with E-state index in [1.165, 1.54) is 0 Å². The van der Waals surface area contributed by atoms with Gasteiger partial charge in [0, 0.05) is 30.2 Å². The second kappa shape index (κ2) is 10.6. The molecule has 2 aromatic rings. The van der Waals surface area contributed by atoms with Crippen LogP contribution in [0.2, 0.25) is 0 Å². The molecule has 0 aliphatic carbocycles. The van der Waals surface area contributed by atoms with Gasteiger partial charge in [-0.25, -0.2) is 0 Å². The highest BCUT2D eigenvalue weighted by Crippen LogP contribution is 2.21. The van der Waals surface area contributed by atoms with Gasteiger partial charge in [0.05, 0.1) is 13.2 Å². The zero-order valence-corrected chi connectivity index (χ0v) is 16.4. The van der Waals surface area contributed by atoms with Gasteiger partial charge in [-0.2, -0.15) is 0 Å². The lowest BCUT2D eigenvalue weighted by Crippen LogP contribution is -2.29. The second-order valence-corrected chi connectivity index (χ2v) is 6.49. The predicted molar refractivity (Wildman–Crippen MR) is 113 cm³/mol. The molecule has 6 heteroatoms. The monoisotopic (exact) mass is 373 g/mol. The third-order valence-corrected chi connectivity index (χ3v) is 3.83. The molecule has 3 N–H and O–H groups in total. The molecule has 0 heterocycles. The Kier molecular flexibility index (Phi) is 8.18. The number of benzene rings is 2. The lowest BCUT2D eigenvalue weighted by Gasteiger charge is -2.12. The van der Waals surface area contributed by atoms with Crippen molar-refractivity contribution in [3.8, 4) is 5.75 Å². The summed E-state index contributed by atoms with van der Waals surface area (Å²) in [4.78, 5) is 0. The van der Waals surface area contributed by atoms with E-state index >= 15 is 0 Å². The number of ether oxygens (including phenoxy) is 2. The Bertz CT molecular complexity index is 672. The molecule has 2 aromatic carbocycles. The summed E-state index contributed by atoms with van der Waals surface area (Å²) in [6, 6.07) is 15.8. The Hall–Kier alpha value is -2.31. The Morgan fingerprint density at radius 2 is 1.54 bits per heavy atom. The summed E-state index contributed by atoms with van der Waals surface area (Å²) >= 11 is 5.31. The van der Waals surface area contributed by atoms with Crippen molar-refractivity contribution in [2.75, 3.05) is 30.9 Å². The number of methoxy groups -OCH3 is 1. The molecule has 0 fully saturated rings. The van der Waals surface area contributed by atoms with Gasteiger partial charge in [0.15, 0.2) is 5.11 Å². The van der Waals surface area contributed by atoms with E-state index in [-0.39, 0.29) is 6.10 Å². The van der Waals surface area contributed by atoms with Crippen molar-refractivity contribution < 1.29 is 9.47 Å². The average molecular weight is 374 g/mol. The van der Waals surface area contributed by atoms with E-state index in [4.69, 9.17) is 21.7 Å². The zero-order chi connectivity index (χ0) is 18.8. The van der Waals surface area contributed by atoms with Crippen LogP contribution in [0.25, 0.3) is 0 Å². The molecular formula is C20H27N3O2S. The lowest BCUT2D eigenvalue weighted by molar-refractivity contribution is 0.0777. The fourth-order valence-corrected chi connectivity index (χ4v) is 2.47. The number of thiocarbonyl (C=S) groups is 1. The summed E-state index contributed by atoms with van der Waals surface area (Å²) in [5.41, 5.74) is 2.96. The van der Waals surface area contributed by atoms with Crippen LogP contribution in [0, 0.1) is 0 Å². The van der Waals surface area contributed by atoms with Crippen molar-refractivity contribution in [1.29, 1.82) is 0 Å². The molecule has 0 unspecified atom stereocenters. The number of rotatable bonds is 9. The van der Waals surface area contributed by atoms with Crippen molar-refractivity contribution in [3.05, 3.63) is 48.5 Å². The van der Waals surface area contributed by atoms with Crippen molar-refractivity contribution >= 4 is 34.4 Å². The van der Waals surface area contributed by atoms with Crippen LogP contribution >= 0.6 is 12.2 Å². The molecule has 0 amide bonds. The number of anilines is 3. The van der Waals surface area contributed by atoms with Crippen molar-refractivity contribution in [3.63, 3.8) is 0 Å². The van der Waals surface area contributed by atoms with Gasteiger partial charge in [-0.1, -0.05) is 0 Å². The first-order valence-corrected chi connectivity index (χ1v) is 9.15. The van der Waals surface area contributed by atoms with Gasteiger partial charge < -0.3 is 25.4 Å². The van der Waals surface area contributed by atoms with Crippen LogP contribution in [-0.2, 0) is 4.74 Å². The third kappa shape index (κ3) is 7.29. The number of hydrogen-bond acceptors (Lipinski definition) is 4.